The van der Waals surface area contributed by atoms with Gasteiger partial charge in [0.1, 0.15) is 0 Å². The van der Waals surface area contributed by atoms with E-state index in [2.05, 4.69) is 19.1 Å². The molecule has 0 heteroatoms. The molecule has 0 aromatic heterocycles. The van der Waals surface area contributed by atoms with Gasteiger partial charge < -0.3 is 0 Å². The van der Waals surface area contributed by atoms with Gasteiger partial charge >= 0.3 is 0 Å². The Bertz CT molecular complexity index is 78.0. The van der Waals surface area contributed by atoms with E-state index in [1.807, 2.05) is 0 Å². The molecule has 0 unspecified atom stereocenters. The van der Waals surface area contributed by atoms with Gasteiger partial charge in [-0.05, 0) is 44.4 Å². The van der Waals surface area contributed by atoms with Crippen molar-refractivity contribution in [3.05, 3.63) is 19.1 Å². The average Bonchev–Trinajstić information content (AvgIpc) is 1.91. The molecule has 0 amide bonds. The van der Waals surface area contributed by atoms with Gasteiger partial charge in [-0.1, -0.05) is 6.08 Å². The summed E-state index contributed by atoms with van der Waals surface area (Å²) in [5, 5.41) is 0. The zero-order chi connectivity index (χ0) is 6.53. The molecule has 0 heterocycles. The van der Waals surface area contributed by atoms with Crippen LogP contribution in [0.1, 0.15) is 32.1 Å². The van der Waals surface area contributed by atoms with Crippen molar-refractivity contribution < 1.29 is 0 Å². The first-order chi connectivity index (χ1) is 4.43. The lowest BCUT2D eigenvalue weighted by Crippen LogP contribution is -2.04. The van der Waals surface area contributed by atoms with Crippen LogP contribution in [0.2, 0.25) is 0 Å². The lowest BCUT2D eigenvalue weighted by Gasteiger charge is -2.19. The average molecular weight is 123 g/mol. The van der Waals surface area contributed by atoms with Crippen molar-refractivity contribution in [2.45, 2.75) is 32.1 Å². The molecule has 1 aliphatic carbocycles. The van der Waals surface area contributed by atoms with E-state index in [1.165, 1.54) is 32.1 Å². The molecule has 0 bridgehead atoms. The Balaban J connectivity index is 2.15. The molecule has 9 heavy (non-hydrogen) atoms. The first-order valence-electron chi connectivity index (χ1n) is 3.86. The highest BCUT2D eigenvalue weighted by atomic mass is 14.2. The molecule has 1 fully saturated rings. The van der Waals surface area contributed by atoms with E-state index in [0.717, 1.165) is 5.92 Å². The van der Waals surface area contributed by atoms with E-state index >= 15 is 0 Å². The predicted molar refractivity (Wildman–Crippen MR) is 41.1 cm³/mol. The van der Waals surface area contributed by atoms with Crippen molar-refractivity contribution in [3.8, 4) is 0 Å². The summed E-state index contributed by atoms with van der Waals surface area (Å²) in [6.45, 7) is 3.74. The third-order valence-corrected chi connectivity index (χ3v) is 2.06. The zero-order valence-corrected chi connectivity index (χ0v) is 5.97. The normalized spacial score (nSPS) is 21.8. The Kier molecular flexibility index (Phi) is 2.82. The summed E-state index contributed by atoms with van der Waals surface area (Å²) in [5.41, 5.74) is 0. The Morgan fingerprint density at radius 1 is 1.44 bits per heavy atom. The van der Waals surface area contributed by atoms with Crippen LogP contribution in [0.3, 0.4) is 0 Å². The Hall–Kier alpha value is -0.260. The molecule has 0 atom stereocenters. The molecule has 0 aliphatic heterocycles. The molecule has 0 nitrogen and oxygen atoms in total. The van der Waals surface area contributed by atoms with Crippen LogP contribution in [0.5, 0.6) is 0 Å². The van der Waals surface area contributed by atoms with Crippen LogP contribution in [0.15, 0.2) is 12.7 Å². The van der Waals surface area contributed by atoms with Crippen LogP contribution in [-0.4, -0.2) is 0 Å². The van der Waals surface area contributed by atoms with Crippen molar-refractivity contribution in [1.29, 1.82) is 0 Å². The predicted octanol–water partition coefficient (Wildman–Crippen LogP) is 2.96. The molecule has 1 saturated carbocycles. The lowest BCUT2D eigenvalue weighted by molar-refractivity contribution is 0.409. The van der Waals surface area contributed by atoms with Gasteiger partial charge in [0, 0.05) is 0 Å². The molecule has 1 aliphatic rings. The molecule has 51 valence electrons. The summed E-state index contributed by atoms with van der Waals surface area (Å²) >= 11 is 0. The fourth-order valence-corrected chi connectivity index (χ4v) is 1.47. The van der Waals surface area contributed by atoms with E-state index < -0.39 is 0 Å². The van der Waals surface area contributed by atoms with Gasteiger partial charge in [-0.2, -0.15) is 0 Å². The number of rotatable bonds is 2. The molecule has 0 saturated heterocycles. The van der Waals surface area contributed by atoms with Gasteiger partial charge in [0.15, 0.2) is 0 Å². The summed E-state index contributed by atoms with van der Waals surface area (Å²) < 4.78 is 0. The third kappa shape index (κ3) is 2.21. The summed E-state index contributed by atoms with van der Waals surface area (Å²) in [5.74, 6) is 0.951. The van der Waals surface area contributed by atoms with Crippen LogP contribution in [0, 0.1) is 12.3 Å². The first kappa shape index (κ1) is 6.85. The second kappa shape index (κ2) is 3.71. The minimum Gasteiger partial charge on any atom is -0.103 e. The summed E-state index contributed by atoms with van der Waals surface area (Å²) in [6, 6.07) is 0. The van der Waals surface area contributed by atoms with Gasteiger partial charge in [0.25, 0.3) is 0 Å². The number of hydrogen-bond acceptors (Lipinski definition) is 0. The Labute approximate surface area is 58.0 Å². The lowest BCUT2D eigenvalue weighted by atomic mass is 9.87. The molecule has 1 radical (unpaired) electrons. The molecule has 0 aromatic rings. The second-order valence-electron chi connectivity index (χ2n) is 2.83. The van der Waals surface area contributed by atoms with E-state index in [0.29, 0.717) is 0 Å². The van der Waals surface area contributed by atoms with E-state index in [1.54, 1.807) is 0 Å². The zero-order valence-electron chi connectivity index (χ0n) is 5.97. The maximum absolute atomic E-state index is 3.74. The molecule has 1 rings (SSSR count). The highest BCUT2D eigenvalue weighted by molar-refractivity contribution is 4.81. The van der Waals surface area contributed by atoms with Crippen molar-refractivity contribution in [2.75, 3.05) is 0 Å². The molecule has 0 N–H and O–H groups in total. The van der Waals surface area contributed by atoms with E-state index in [-0.39, 0.29) is 0 Å². The Morgan fingerprint density at radius 3 is 2.67 bits per heavy atom. The quantitative estimate of drug-likeness (QED) is 0.495. The smallest absolute Gasteiger partial charge is 0.0325 e. The molecule has 0 spiro atoms. The highest BCUT2D eigenvalue weighted by Gasteiger charge is 2.10. The molecule has 0 aromatic carbocycles. The maximum Gasteiger partial charge on any atom is -0.0325 e. The fraction of sp³-hybridized carbons (Fsp3) is 0.667. The van der Waals surface area contributed by atoms with E-state index in [9.17, 15) is 0 Å². The van der Waals surface area contributed by atoms with Crippen molar-refractivity contribution in [1.82, 2.24) is 0 Å². The monoisotopic (exact) mass is 123 g/mol. The highest BCUT2D eigenvalue weighted by Crippen LogP contribution is 2.25. The van der Waals surface area contributed by atoms with Crippen LogP contribution >= 0.6 is 0 Å². The minimum atomic E-state index is 0.951. The summed E-state index contributed by atoms with van der Waals surface area (Å²) in [4.78, 5) is 0. The first-order valence-corrected chi connectivity index (χ1v) is 3.86. The third-order valence-electron chi connectivity index (χ3n) is 2.06. The number of hydrogen-bond donors (Lipinski definition) is 0. The van der Waals surface area contributed by atoms with Crippen LogP contribution in [-0.2, 0) is 0 Å². The molecular weight excluding hydrogens is 108 g/mol. The van der Waals surface area contributed by atoms with Gasteiger partial charge in [0.05, 0.1) is 0 Å². The Morgan fingerprint density at radius 2 is 2.11 bits per heavy atom. The standard InChI is InChI=1S/C9H15/c1-2-6-9-7-4-3-5-8-9/h2-3,9H,1,4-8H2. The van der Waals surface area contributed by atoms with Crippen molar-refractivity contribution in [2.24, 2.45) is 5.92 Å². The molecular formula is C9H15. The van der Waals surface area contributed by atoms with Crippen LogP contribution in [0.25, 0.3) is 0 Å². The van der Waals surface area contributed by atoms with Gasteiger partial charge in [-0.25, -0.2) is 0 Å². The summed E-state index contributed by atoms with van der Waals surface area (Å²) in [6.07, 6.45) is 11.1. The van der Waals surface area contributed by atoms with E-state index in [4.69, 9.17) is 0 Å². The van der Waals surface area contributed by atoms with Crippen LogP contribution in [0.4, 0.5) is 0 Å². The van der Waals surface area contributed by atoms with Crippen LogP contribution < -0.4 is 0 Å². The van der Waals surface area contributed by atoms with Gasteiger partial charge in [-0.3, -0.25) is 0 Å². The SMILES string of the molecule is C=CCC1CC[CH]CC1. The van der Waals surface area contributed by atoms with Gasteiger partial charge in [-0.15, -0.1) is 6.58 Å². The maximum atomic E-state index is 3.74. The van der Waals surface area contributed by atoms with Crippen molar-refractivity contribution >= 4 is 0 Å². The number of allylic oxidation sites excluding steroid dienone is 1. The fourth-order valence-electron chi connectivity index (χ4n) is 1.47. The van der Waals surface area contributed by atoms with Crippen molar-refractivity contribution in [3.63, 3.8) is 0 Å². The topological polar surface area (TPSA) is 0 Å². The largest absolute Gasteiger partial charge is 0.103 e. The second-order valence-corrected chi connectivity index (χ2v) is 2.83. The summed E-state index contributed by atoms with van der Waals surface area (Å²) in [7, 11) is 0. The van der Waals surface area contributed by atoms with Gasteiger partial charge in [0.2, 0.25) is 0 Å². The minimum absolute atomic E-state index is 0.951.